The SMILES string of the molecule is CS(=O)(=O)[C@H]1CN(S(C)(=O)=O)C[C@@]1(O)CO. The van der Waals surface area contributed by atoms with E-state index in [0.717, 1.165) is 16.8 Å². The second-order valence-corrected chi connectivity index (χ2v) is 8.35. The molecule has 16 heavy (non-hydrogen) atoms. The van der Waals surface area contributed by atoms with E-state index in [1.807, 2.05) is 0 Å². The van der Waals surface area contributed by atoms with Gasteiger partial charge in [-0.3, -0.25) is 0 Å². The third-order valence-corrected chi connectivity index (χ3v) is 5.52. The summed E-state index contributed by atoms with van der Waals surface area (Å²) < 4.78 is 46.1. The Morgan fingerprint density at radius 3 is 2.06 bits per heavy atom. The van der Waals surface area contributed by atoms with Crippen molar-refractivity contribution in [3.05, 3.63) is 0 Å². The Hall–Kier alpha value is -0.220. The van der Waals surface area contributed by atoms with Crippen molar-refractivity contribution in [1.82, 2.24) is 4.31 Å². The topological polar surface area (TPSA) is 112 Å². The van der Waals surface area contributed by atoms with Crippen LogP contribution in [0.5, 0.6) is 0 Å². The largest absolute Gasteiger partial charge is 0.393 e. The maximum absolute atomic E-state index is 11.4. The predicted octanol–water partition coefficient (Wildman–Crippen LogP) is -2.60. The molecular weight excluding hydrogens is 258 g/mol. The quantitative estimate of drug-likeness (QED) is 0.583. The minimum Gasteiger partial charge on any atom is -0.393 e. The summed E-state index contributed by atoms with van der Waals surface area (Å²) in [6.07, 6.45) is 1.83. The molecule has 2 atom stereocenters. The summed E-state index contributed by atoms with van der Waals surface area (Å²) in [6, 6.07) is 0. The number of sulfonamides is 1. The lowest BCUT2D eigenvalue weighted by atomic mass is 10.1. The van der Waals surface area contributed by atoms with Gasteiger partial charge in [0.2, 0.25) is 10.0 Å². The van der Waals surface area contributed by atoms with Crippen LogP contribution in [-0.4, -0.2) is 74.4 Å². The highest BCUT2D eigenvalue weighted by Crippen LogP contribution is 2.28. The van der Waals surface area contributed by atoms with E-state index >= 15 is 0 Å². The summed E-state index contributed by atoms with van der Waals surface area (Å²) in [6.45, 7) is -1.52. The lowest BCUT2D eigenvalue weighted by Crippen LogP contribution is -2.48. The molecule has 2 N–H and O–H groups in total. The van der Waals surface area contributed by atoms with Gasteiger partial charge in [0.05, 0.1) is 12.9 Å². The van der Waals surface area contributed by atoms with Crippen molar-refractivity contribution in [3.8, 4) is 0 Å². The van der Waals surface area contributed by atoms with Crippen LogP contribution < -0.4 is 0 Å². The van der Waals surface area contributed by atoms with Crippen LogP contribution in [0.25, 0.3) is 0 Å². The van der Waals surface area contributed by atoms with Gasteiger partial charge in [-0.25, -0.2) is 16.8 Å². The Bertz CT molecular complexity index is 469. The molecule has 0 aromatic rings. The molecule has 1 fully saturated rings. The molecule has 0 aromatic heterocycles. The van der Waals surface area contributed by atoms with Crippen molar-refractivity contribution in [2.45, 2.75) is 10.9 Å². The fourth-order valence-electron chi connectivity index (χ4n) is 1.76. The van der Waals surface area contributed by atoms with E-state index in [1.165, 1.54) is 0 Å². The molecule has 1 aliphatic rings. The maximum Gasteiger partial charge on any atom is 0.211 e. The monoisotopic (exact) mass is 273 g/mol. The van der Waals surface area contributed by atoms with Gasteiger partial charge in [0.25, 0.3) is 0 Å². The Morgan fingerprint density at radius 1 is 1.31 bits per heavy atom. The van der Waals surface area contributed by atoms with Gasteiger partial charge < -0.3 is 10.2 Å². The van der Waals surface area contributed by atoms with Crippen LogP contribution in [-0.2, 0) is 19.9 Å². The molecule has 0 aromatic carbocycles. The second kappa shape index (κ2) is 3.91. The first-order valence-corrected chi connectivity index (χ1v) is 8.28. The zero-order valence-electron chi connectivity index (χ0n) is 8.99. The smallest absolute Gasteiger partial charge is 0.211 e. The number of hydrogen-bond acceptors (Lipinski definition) is 6. The molecule has 0 unspecified atom stereocenters. The summed E-state index contributed by atoms with van der Waals surface area (Å²) >= 11 is 0. The Labute approximate surface area is 94.7 Å². The molecule has 7 nitrogen and oxygen atoms in total. The third-order valence-electron chi connectivity index (χ3n) is 2.68. The molecule has 0 spiro atoms. The van der Waals surface area contributed by atoms with Gasteiger partial charge in [-0.15, -0.1) is 0 Å². The van der Waals surface area contributed by atoms with Crippen LogP contribution in [0.3, 0.4) is 0 Å². The average molecular weight is 273 g/mol. The molecular formula is C7H15NO6S2. The molecule has 0 saturated carbocycles. The lowest BCUT2D eigenvalue weighted by Gasteiger charge is -2.24. The molecule has 0 radical (unpaired) electrons. The van der Waals surface area contributed by atoms with Crippen molar-refractivity contribution in [2.75, 3.05) is 32.2 Å². The van der Waals surface area contributed by atoms with E-state index in [0.29, 0.717) is 0 Å². The molecule has 1 aliphatic heterocycles. The molecule has 0 bridgehead atoms. The van der Waals surface area contributed by atoms with E-state index < -0.39 is 43.9 Å². The normalized spacial score (nSPS) is 33.1. The minimum atomic E-state index is -3.63. The number of aliphatic hydroxyl groups excluding tert-OH is 1. The van der Waals surface area contributed by atoms with Crippen molar-refractivity contribution >= 4 is 19.9 Å². The first-order chi connectivity index (χ1) is 7.00. The number of β-amino-alcohol motifs (C(OH)–C–C–N with tert-alkyl or cyclic N) is 1. The summed E-state index contributed by atoms with van der Waals surface area (Å²) in [5, 5.41) is 17.6. The molecule has 1 saturated heterocycles. The highest BCUT2D eigenvalue weighted by molar-refractivity contribution is 7.91. The molecule has 0 aliphatic carbocycles. The van der Waals surface area contributed by atoms with E-state index in [9.17, 15) is 21.9 Å². The number of nitrogens with zero attached hydrogens (tertiary/aromatic N) is 1. The van der Waals surface area contributed by atoms with Crippen LogP contribution in [0.4, 0.5) is 0 Å². The van der Waals surface area contributed by atoms with Gasteiger partial charge in [-0.1, -0.05) is 0 Å². The molecule has 1 rings (SSSR count). The highest BCUT2D eigenvalue weighted by Gasteiger charge is 2.52. The Kier molecular flexibility index (Phi) is 3.39. The van der Waals surface area contributed by atoms with Gasteiger partial charge in [0, 0.05) is 19.3 Å². The number of rotatable bonds is 3. The fourth-order valence-corrected chi connectivity index (χ4v) is 4.13. The van der Waals surface area contributed by atoms with E-state index in [1.54, 1.807) is 0 Å². The van der Waals surface area contributed by atoms with Crippen LogP contribution in [0.1, 0.15) is 0 Å². The predicted molar refractivity (Wildman–Crippen MR) is 57.1 cm³/mol. The summed E-state index contributed by atoms with van der Waals surface area (Å²) in [7, 11) is -7.21. The van der Waals surface area contributed by atoms with Crippen molar-refractivity contribution in [1.29, 1.82) is 0 Å². The fraction of sp³-hybridized carbons (Fsp3) is 1.00. The number of aliphatic hydroxyl groups is 2. The summed E-state index contributed by atoms with van der Waals surface area (Å²) in [5.41, 5.74) is -1.92. The van der Waals surface area contributed by atoms with Gasteiger partial charge >= 0.3 is 0 Å². The van der Waals surface area contributed by atoms with E-state index in [-0.39, 0.29) is 6.54 Å². The van der Waals surface area contributed by atoms with Gasteiger partial charge in [-0.05, 0) is 0 Å². The zero-order chi connectivity index (χ0) is 12.8. The maximum atomic E-state index is 11.4. The Balaban J connectivity index is 3.13. The zero-order valence-corrected chi connectivity index (χ0v) is 10.6. The van der Waals surface area contributed by atoms with Gasteiger partial charge in [0.1, 0.15) is 10.9 Å². The average Bonchev–Trinajstić information content (AvgIpc) is 2.42. The van der Waals surface area contributed by atoms with E-state index in [2.05, 4.69) is 0 Å². The lowest BCUT2D eigenvalue weighted by molar-refractivity contribution is 0.00174. The molecule has 0 amide bonds. The Morgan fingerprint density at radius 2 is 1.81 bits per heavy atom. The first kappa shape index (κ1) is 13.8. The second-order valence-electron chi connectivity index (χ2n) is 4.14. The van der Waals surface area contributed by atoms with Crippen LogP contribution in [0, 0.1) is 0 Å². The number of sulfone groups is 1. The van der Waals surface area contributed by atoms with Gasteiger partial charge in [-0.2, -0.15) is 4.31 Å². The van der Waals surface area contributed by atoms with Crippen molar-refractivity contribution in [3.63, 3.8) is 0 Å². The third kappa shape index (κ3) is 2.54. The summed E-state index contributed by atoms with van der Waals surface area (Å²) in [4.78, 5) is 0. The molecule has 96 valence electrons. The first-order valence-electron chi connectivity index (χ1n) is 4.48. The van der Waals surface area contributed by atoms with Crippen LogP contribution >= 0.6 is 0 Å². The standard InChI is InChI=1S/C7H15NO6S2/c1-15(11,12)6-3-8(16(2,13)14)4-7(6,10)5-9/h6,9-10H,3-5H2,1-2H3/t6-,7+/m0/s1. The highest BCUT2D eigenvalue weighted by atomic mass is 32.2. The molecule has 9 heteroatoms. The molecule has 1 heterocycles. The van der Waals surface area contributed by atoms with Gasteiger partial charge in [0.15, 0.2) is 9.84 Å². The van der Waals surface area contributed by atoms with Crippen molar-refractivity contribution < 1.29 is 27.0 Å². The van der Waals surface area contributed by atoms with Crippen molar-refractivity contribution in [2.24, 2.45) is 0 Å². The number of hydrogen-bond donors (Lipinski definition) is 2. The van der Waals surface area contributed by atoms with Crippen LogP contribution in [0.15, 0.2) is 0 Å². The minimum absolute atomic E-state index is 0.325. The van der Waals surface area contributed by atoms with Crippen LogP contribution in [0.2, 0.25) is 0 Å². The van der Waals surface area contributed by atoms with E-state index in [4.69, 9.17) is 5.11 Å². The summed E-state index contributed by atoms with van der Waals surface area (Å²) in [5.74, 6) is 0.